The van der Waals surface area contributed by atoms with Crippen molar-refractivity contribution in [2.45, 2.75) is 38.8 Å². The monoisotopic (exact) mass is 574 g/mol. The Morgan fingerprint density at radius 1 is 1.10 bits per heavy atom. The van der Waals surface area contributed by atoms with E-state index < -0.39 is 0 Å². The zero-order valence-corrected chi connectivity index (χ0v) is 23.9. The van der Waals surface area contributed by atoms with Crippen LogP contribution < -0.4 is 10.2 Å². The van der Waals surface area contributed by atoms with Gasteiger partial charge in [0, 0.05) is 53.9 Å². The van der Waals surface area contributed by atoms with Crippen molar-refractivity contribution >= 4 is 38.9 Å². The van der Waals surface area contributed by atoms with Crippen molar-refractivity contribution in [3.63, 3.8) is 0 Å². The second-order valence-corrected chi connectivity index (χ2v) is 11.6. The second kappa shape index (κ2) is 12.4. The Bertz CT molecular complexity index is 1750. The van der Waals surface area contributed by atoms with Crippen LogP contribution in [0.1, 0.15) is 51.4 Å². The fourth-order valence-electron chi connectivity index (χ4n) is 5.09. The number of pyridine rings is 1. The lowest BCUT2D eigenvalue weighted by molar-refractivity contribution is -0.124. The summed E-state index contributed by atoms with van der Waals surface area (Å²) < 4.78 is 3.04. The van der Waals surface area contributed by atoms with Crippen molar-refractivity contribution in [2.24, 2.45) is 5.92 Å². The van der Waals surface area contributed by atoms with Gasteiger partial charge >= 0.3 is 0 Å². The Morgan fingerprint density at radius 2 is 1.95 bits per heavy atom. The van der Waals surface area contributed by atoms with E-state index >= 15 is 0 Å². The molecule has 3 heterocycles. The minimum atomic E-state index is -0.109. The Labute approximate surface area is 248 Å². The van der Waals surface area contributed by atoms with Crippen LogP contribution in [0, 0.1) is 17.2 Å². The van der Waals surface area contributed by atoms with E-state index in [1.54, 1.807) is 18.7 Å². The number of benzene rings is 2. The molecule has 3 aromatic heterocycles. The van der Waals surface area contributed by atoms with Crippen molar-refractivity contribution in [3.05, 3.63) is 113 Å². The molecule has 9 heteroatoms. The van der Waals surface area contributed by atoms with Gasteiger partial charge in [-0.2, -0.15) is 5.26 Å². The highest BCUT2D eigenvalue weighted by Crippen LogP contribution is 2.34. The highest BCUT2D eigenvalue weighted by Gasteiger charge is 2.31. The largest absolute Gasteiger partial charge is 0.351 e. The first-order chi connectivity index (χ1) is 20.6. The number of aromatic nitrogens is 3. The molecule has 210 valence electrons. The van der Waals surface area contributed by atoms with E-state index in [1.165, 1.54) is 11.3 Å². The molecule has 0 aliphatic heterocycles. The number of carbonyl (C=O) groups is 2. The van der Waals surface area contributed by atoms with Crippen molar-refractivity contribution < 1.29 is 9.59 Å². The van der Waals surface area contributed by atoms with Crippen molar-refractivity contribution in [1.82, 2.24) is 19.9 Å². The molecule has 8 nitrogen and oxygen atoms in total. The Balaban J connectivity index is 1.20. The van der Waals surface area contributed by atoms with Crippen molar-refractivity contribution in [2.75, 3.05) is 11.4 Å². The third-order valence-electron chi connectivity index (χ3n) is 7.70. The number of nitriles is 1. The topological polar surface area (TPSA) is 104 Å². The minimum absolute atomic E-state index is 0.0264. The van der Waals surface area contributed by atoms with Crippen LogP contribution >= 0.6 is 11.3 Å². The molecule has 0 spiro atoms. The molecule has 2 aromatic carbocycles. The number of amides is 2. The number of anilines is 1. The summed E-state index contributed by atoms with van der Waals surface area (Å²) >= 11 is 1.45. The summed E-state index contributed by atoms with van der Waals surface area (Å²) in [5, 5.41) is 13.0. The Hall–Kier alpha value is -4.81. The van der Waals surface area contributed by atoms with Gasteiger partial charge in [0.25, 0.3) is 5.91 Å². The SMILES string of the molecule is N#Cc1ccc(Cn2cncc2CN(C(=O)C2CCC2)c2ccc3sc(C(=O)NCCc4ccccn4)cc3c2)cc1. The smallest absolute Gasteiger partial charge is 0.261 e. The second-order valence-electron chi connectivity index (χ2n) is 10.5. The fourth-order valence-corrected chi connectivity index (χ4v) is 6.04. The third kappa shape index (κ3) is 6.09. The molecule has 0 atom stereocenters. The first-order valence-corrected chi connectivity index (χ1v) is 14.9. The molecule has 0 radical (unpaired) electrons. The zero-order chi connectivity index (χ0) is 28.9. The highest BCUT2D eigenvalue weighted by molar-refractivity contribution is 7.20. The summed E-state index contributed by atoms with van der Waals surface area (Å²) in [6.45, 7) is 1.49. The number of fused-ring (bicyclic) bond motifs is 1. The number of hydrogen-bond donors (Lipinski definition) is 1. The lowest BCUT2D eigenvalue weighted by Crippen LogP contribution is -2.39. The van der Waals surface area contributed by atoms with Crippen molar-refractivity contribution in [1.29, 1.82) is 5.26 Å². The van der Waals surface area contributed by atoms with E-state index in [9.17, 15) is 9.59 Å². The number of nitrogens with zero attached hydrogens (tertiary/aromatic N) is 5. The van der Waals surface area contributed by atoms with Crippen LogP contribution in [0.25, 0.3) is 10.1 Å². The van der Waals surface area contributed by atoms with Gasteiger partial charge in [-0.15, -0.1) is 11.3 Å². The van der Waals surface area contributed by atoms with Gasteiger partial charge in [0.05, 0.1) is 35.1 Å². The van der Waals surface area contributed by atoms with E-state index in [-0.39, 0.29) is 17.7 Å². The summed E-state index contributed by atoms with van der Waals surface area (Å²) in [6.07, 6.45) is 8.89. The molecule has 5 aromatic rings. The average molecular weight is 575 g/mol. The first kappa shape index (κ1) is 27.4. The van der Waals surface area contributed by atoms with Gasteiger partial charge in [0.2, 0.25) is 5.91 Å². The van der Waals surface area contributed by atoms with Gasteiger partial charge in [-0.1, -0.05) is 24.6 Å². The molecule has 1 saturated carbocycles. The molecule has 42 heavy (non-hydrogen) atoms. The molecule has 6 rings (SSSR count). The Kier molecular flexibility index (Phi) is 8.06. The zero-order valence-electron chi connectivity index (χ0n) is 23.1. The molecule has 0 saturated heterocycles. The summed E-state index contributed by atoms with van der Waals surface area (Å²) in [7, 11) is 0. The summed E-state index contributed by atoms with van der Waals surface area (Å²) in [5.41, 5.74) is 4.34. The summed E-state index contributed by atoms with van der Waals surface area (Å²) in [6, 6.07) is 23.3. The lowest BCUT2D eigenvalue weighted by Gasteiger charge is -2.32. The molecular weight excluding hydrogens is 544 g/mol. The quantitative estimate of drug-likeness (QED) is 0.230. The molecule has 2 amide bonds. The maximum atomic E-state index is 13.7. The van der Waals surface area contributed by atoms with Crippen LogP contribution in [0.3, 0.4) is 0 Å². The van der Waals surface area contributed by atoms with Crippen LogP contribution in [0.5, 0.6) is 0 Å². The Morgan fingerprint density at radius 3 is 2.69 bits per heavy atom. The number of nitrogens with one attached hydrogen (secondary N) is 1. The number of imidazole rings is 1. The average Bonchev–Trinajstić information content (AvgIpc) is 3.62. The van der Waals surface area contributed by atoms with E-state index in [0.717, 1.165) is 52.0 Å². The van der Waals surface area contributed by atoms with Crippen LogP contribution in [0.4, 0.5) is 5.69 Å². The van der Waals surface area contributed by atoms with Gasteiger partial charge < -0.3 is 14.8 Å². The van der Waals surface area contributed by atoms with Crippen LogP contribution in [-0.2, 0) is 24.3 Å². The first-order valence-electron chi connectivity index (χ1n) is 14.1. The molecule has 1 aliphatic rings. The standard InChI is InChI=1S/C33H30N6O2S/c34-18-23-7-9-24(10-8-23)20-38-22-35-19-29(38)21-39(33(41)25-4-3-5-25)28-11-12-30-26(16-28)17-31(42-30)32(40)37-15-13-27-6-1-2-14-36-27/h1-2,6-12,14,16-17,19,22,25H,3-5,13,15,20-21H2,(H,37,40). The molecule has 1 aliphatic carbocycles. The van der Waals surface area contributed by atoms with Crippen LogP contribution in [0.15, 0.2) is 85.5 Å². The maximum Gasteiger partial charge on any atom is 0.261 e. The predicted octanol–water partition coefficient (Wildman–Crippen LogP) is 5.72. The molecule has 0 bridgehead atoms. The lowest BCUT2D eigenvalue weighted by atomic mass is 9.84. The normalized spacial score (nSPS) is 12.9. The van der Waals surface area contributed by atoms with Gasteiger partial charge in [-0.05, 0) is 72.3 Å². The highest BCUT2D eigenvalue weighted by atomic mass is 32.1. The molecule has 1 N–H and O–H groups in total. The molecule has 1 fully saturated rings. The van der Waals surface area contributed by atoms with E-state index in [2.05, 4.69) is 21.4 Å². The predicted molar refractivity (Wildman–Crippen MR) is 163 cm³/mol. The van der Waals surface area contributed by atoms with Crippen molar-refractivity contribution in [3.8, 4) is 6.07 Å². The maximum absolute atomic E-state index is 13.7. The number of thiophene rings is 1. The van der Waals surface area contributed by atoms with E-state index in [4.69, 9.17) is 5.26 Å². The van der Waals surface area contributed by atoms with Crippen LogP contribution in [0.2, 0.25) is 0 Å². The number of rotatable bonds is 10. The molecular formula is C33H30N6O2S. The van der Waals surface area contributed by atoms with E-state index in [0.29, 0.717) is 36.5 Å². The van der Waals surface area contributed by atoms with Gasteiger partial charge in [0.15, 0.2) is 0 Å². The van der Waals surface area contributed by atoms with E-state index in [1.807, 2.05) is 76.2 Å². The summed E-state index contributed by atoms with van der Waals surface area (Å²) in [5.74, 6) is 0.0377. The minimum Gasteiger partial charge on any atom is -0.351 e. The van der Waals surface area contributed by atoms with Crippen LogP contribution in [-0.4, -0.2) is 32.9 Å². The number of hydrogen-bond acceptors (Lipinski definition) is 6. The van der Waals surface area contributed by atoms with Gasteiger partial charge in [0.1, 0.15) is 0 Å². The number of carbonyl (C=O) groups excluding carboxylic acids is 2. The fraction of sp³-hybridized carbons (Fsp3) is 0.242. The summed E-state index contributed by atoms with van der Waals surface area (Å²) in [4.78, 5) is 37.8. The molecule has 0 unspecified atom stereocenters. The van der Waals surface area contributed by atoms with Gasteiger partial charge in [-0.25, -0.2) is 4.98 Å². The third-order valence-corrected chi connectivity index (χ3v) is 8.82. The van der Waals surface area contributed by atoms with Gasteiger partial charge in [-0.3, -0.25) is 14.6 Å².